The lowest BCUT2D eigenvalue weighted by molar-refractivity contribution is 0.391. The largest absolute Gasteiger partial charge is 0.360 e. The van der Waals surface area contributed by atoms with Crippen LogP contribution in [0.5, 0.6) is 0 Å². The van der Waals surface area contributed by atoms with Crippen molar-refractivity contribution in [3.8, 4) is 0 Å². The van der Waals surface area contributed by atoms with Crippen LogP contribution in [0.25, 0.3) is 10.9 Å². The number of benzene rings is 1. The minimum absolute atomic E-state index is 0.0231. The number of aryl methyl sites for hydroxylation is 1. The molecule has 1 aromatic carbocycles. The summed E-state index contributed by atoms with van der Waals surface area (Å²) in [4.78, 5) is 17.2. The van der Waals surface area contributed by atoms with E-state index in [1.165, 1.54) is 11.8 Å². The third-order valence-corrected chi connectivity index (χ3v) is 4.71. The molecule has 0 N–H and O–H groups in total. The number of fused-ring (bicyclic) bond motifs is 1. The molecule has 0 aliphatic heterocycles. The van der Waals surface area contributed by atoms with Crippen molar-refractivity contribution in [3.63, 3.8) is 0 Å². The second kappa shape index (κ2) is 6.26. The van der Waals surface area contributed by atoms with Gasteiger partial charge in [0.2, 0.25) is 0 Å². The van der Waals surface area contributed by atoms with Crippen LogP contribution in [0.3, 0.4) is 0 Å². The Morgan fingerprint density at radius 1 is 1.36 bits per heavy atom. The normalized spacial score (nSPS) is 11.2. The molecule has 0 spiro atoms. The Labute approximate surface area is 139 Å². The summed E-state index contributed by atoms with van der Waals surface area (Å²) in [5, 5.41) is 5.18. The van der Waals surface area contributed by atoms with Gasteiger partial charge in [-0.15, -0.1) is 0 Å². The van der Waals surface area contributed by atoms with Crippen molar-refractivity contribution in [1.29, 1.82) is 0 Å². The zero-order chi connectivity index (χ0) is 15.7. The first-order valence-corrected chi connectivity index (χ1v) is 8.61. The van der Waals surface area contributed by atoms with E-state index in [2.05, 4.69) is 26.1 Å². The van der Waals surface area contributed by atoms with Gasteiger partial charge in [0, 0.05) is 17.1 Å². The van der Waals surface area contributed by atoms with E-state index in [9.17, 15) is 4.79 Å². The van der Waals surface area contributed by atoms with Gasteiger partial charge in [0.25, 0.3) is 5.56 Å². The van der Waals surface area contributed by atoms with Crippen LogP contribution in [0.15, 0.2) is 43.2 Å². The average Bonchev–Trinajstić information content (AvgIpc) is 2.91. The van der Waals surface area contributed by atoms with Gasteiger partial charge in [-0.3, -0.25) is 9.36 Å². The standard InChI is InChI=1S/C15H14BrN3O2S/c1-3-19-14(20)12-7-10(16)4-5-13(12)17-15(19)22-8-11-6-9(2)18-21-11/h4-7H,3,8H2,1-2H3. The van der Waals surface area contributed by atoms with Gasteiger partial charge in [0.15, 0.2) is 5.16 Å². The molecule has 0 fully saturated rings. The van der Waals surface area contributed by atoms with Crippen LogP contribution in [-0.4, -0.2) is 14.7 Å². The van der Waals surface area contributed by atoms with Crippen molar-refractivity contribution < 1.29 is 4.52 Å². The molecule has 0 radical (unpaired) electrons. The van der Waals surface area contributed by atoms with E-state index in [1.54, 1.807) is 4.57 Å². The number of hydrogen-bond donors (Lipinski definition) is 0. The molecule has 0 unspecified atom stereocenters. The zero-order valence-corrected chi connectivity index (χ0v) is 14.6. The lowest BCUT2D eigenvalue weighted by Gasteiger charge is -2.10. The highest BCUT2D eigenvalue weighted by Crippen LogP contribution is 2.23. The molecular formula is C15H14BrN3O2S. The smallest absolute Gasteiger partial charge is 0.262 e. The summed E-state index contributed by atoms with van der Waals surface area (Å²) < 4.78 is 7.76. The highest BCUT2D eigenvalue weighted by Gasteiger charge is 2.12. The fourth-order valence-corrected chi connectivity index (χ4v) is 3.48. The molecule has 3 aromatic rings. The number of rotatable bonds is 4. The van der Waals surface area contributed by atoms with Crippen LogP contribution in [0.2, 0.25) is 0 Å². The Morgan fingerprint density at radius 3 is 2.86 bits per heavy atom. The van der Waals surface area contributed by atoms with Gasteiger partial charge in [-0.05, 0) is 32.0 Å². The summed E-state index contributed by atoms with van der Waals surface area (Å²) >= 11 is 4.87. The summed E-state index contributed by atoms with van der Waals surface area (Å²) in [5.74, 6) is 1.37. The second-order valence-corrected chi connectivity index (χ2v) is 6.69. The minimum atomic E-state index is -0.0231. The number of nitrogens with zero attached hydrogens (tertiary/aromatic N) is 3. The average molecular weight is 380 g/mol. The van der Waals surface area contributed by atoms with Crippen molar-refractivity contribution in [2.75, 3.05) is 0 Å². The summed E-state index contributed by atoms with van der Waals surface area (Å²) in [6.45, 7) is 4.40. The topological polar surface area (TPSA) is 60.9 Å². The molecule has 0 aliphatic rings. The Hall–Kier alpha value is -1.60. The summed E-state index contributed by atoms with van der Waals surface area (Å²) in [5.41, 5.74) is 1.53. The van der Waals surface area contributed by atoms with E-state index in [0.29, 0.717) is 28.4 Å². The molecule has 3 rings (SSSR count). The molecule has 0 aliphatic carbocycles. The molecular weight excluding hydrogens is 366 g/mol. The maximum atomic E-state index is 12.6. The van der Waals surface area contributed by atoms with Crippen LogP contribution >= 0.6 is 27.7 Å². The predicted octanol–water partition coefficient (Wildman–Crippen LogP) is 3.77. The number of thioether (sulfide) groups is 1. The molecule has 0 atom stereocenters. The first-order valence-electron chi connectivity index (χ1n) is 6.83. The Morgan fingerprint density at radius 2 is 2.18 bits per heavy atom. The molecule has 0 saturated carbocycles. The van der Waals surface area contributed by atoms with Gasteiger partial charge >= 0.3 is 0 Å². The van der Waals surface area contributed by atoms with Gasteiger partial charge in [-0.25, -0.2) is 4.98 Å². The summed E-state index contributed by atoms with van der Waals surface area (Å²) in [7, 11) is 0. The van der Waals surface area contributed by atoms with Crippen LogP contribution in [-0.2, 0) is 12.3 Å². The van der Waals surface area contributed by atoms with Crippen LogP contribution in [0.4, 0.5) is 0 Å². The molecule has 2 heterocycles. The van der Waals surface area contributed by atoms with E-state index >= 15 is 0 Å². The minimum Gasteiger partial charge on any atom is -0.360 e. The third kappa shape index (κ3) is 2.96. The quantitative estimate of drug-likeness (QED) is 0.509. The van der Waals surface area contributed by atoms with Gasteiger partial charge in [0.05, 0.1) is 22.3 Å². The number of aromatic nitrogens is 3. The van der Waals surface area contributed by atoms with E-state index in [4.69, 9.17) is 4.52 Å². The molecule has 2 aromatic heterocycles. The Bertz CT molecular complexity index is 888. The van der Waals surface area contributed by atoms with Crippen LogP contribution < -0.4 is 5.56 Å². The van der Waals surface area contributed by atoms with Crippen LogP contribution in [0.1, 0.15) is 18.4 Å². The third-order valence-electron chi connectivity index (χ3n) is 3.22. The highest BCUT2D eigenvalue weighted by atomic mass is 79.9. The molecule has 0 bridgehead atoms. The molecule has 5 nitrogen and oxygen atoms in total. The fraction of sp³-hybridized carbons (Fsp3) is 0.267. The maximum absolute atomic E-state index is 12.6. The van der Waals surface area contributed by atoms with E-state index in [0.717, 1.165) is 15.9 Å². The van der Waals surface area contributed by atoms with Crippen molar-refractivity contribution in [1.82, 2.24) is 14.7 Å². The van der Waals surface area contributed by atoms with Gasteiger partial charge in [0.1, 0.15) is 5.76 Å². The van der Waals surface area contributed by atoms with Gasteiger partial charge in [-0.2, -0.15) is 0 Å². The van der Waals surface area contributed by atoms with Gasteiger partial charge in [-0.1, -0.05) is 32.8 Å². The monoisotopic (exact) mass is 379 g/mol. The molecule has 0 saturated heterocycles. The van der Waals surface area contributed by atoms with Gasteiger partial charge < -0.3 is 4.52 Å². The van der Waals surface area contributed by atoms with E-state index < -0.39 is 0 Å². The van der Waals surface area contributed by atoms with E-state index in [1.807, 2.05) is 38.1 Å². The molecule has 22 heavy (non-hydrogen) atoms. The molecule has 7 heteroatoms. The fourth-order valence-electron chi connectivity index (χ4n) is 2.18. The summed E-state index contributed by atoms with van der Waals surface area (Å²) in [6.07, 6.45) is 0. The van der Waals surface area contributed by atoms with Crippen LogP contribution in [0, 0.1) is 6.92 Å². The molecule has 114 valence electrons. The van der Waals surface area contributed by atoms with E-state index in [-0.39, 0.29) is 5.56 Å². The summed E-state index contributed by atoms with van der Waals surface area (Å²) in [6, 6.07) is 7.44. The van der Waals surface area contributed by atoms with Crippen molar-refractivity contribution in [2.24, 2.45) is 0 Å². The second-order valence-electron chi connectivity index (χ2n) is 4.83. The lowest BCUT2D eigenvalue weighted by Crippen LogP contribution is -2.22. The number of hydrogen-bond acceptors (Lipinski definition) is 5. The number of halogens is 1. The highest BCUT2D eigenvalue weighted by molar-refractivity contribution is 9.10. The zero-order valence-electron chi connectivity index (χ0n) is 12.2. The van der Waals surface area contributed by atoms with Crippen molar-refractivity contribution >= 4 is 38.6 Å². The predicted molar refractivity (Wildman–Crippen MR) is 90.2 cm³/mol. The van der Waals surface area contributed by atoms with Crippen molar-refractivity contribution in [3.05, 3.63) is 50.5 Å². The molecule has 0 amide bonds. The SMILES string of the molecule is CCn1c(SCc2cc(C)no2)nc2ccc(Br)cc2c1=O. The maximum Gasteiger partial charge on any atom is 0.262 e. The first-order chi connectivity index (χ1) is 10.6. The lowest BCUT2D eigenvalue weighted by atomic mass is 10.2. The first kappa shape index (κ1) is 15.3. The Balaban J connectivity index is 2.01. The Kier molecular flexibility index (Phi) is 4.35. The van der Waals surface area contributed by atoms with Crippen molar-refractivity contribution in [2.45, 2.75) is 31.3 Å².